The number of benzene rings is 2. The molecule has 3 nitrogen and oxygen atoms in total. The molecule has 3 heteroatoms. The molecule has 0 aliphatic rings. The van der Waals surface area contributed by atoms with Gasteiger partial charge in [0.15, 0.2) is 5.58 Å². The van der Waals surface area contributed by atoms with Crippen LogP contribution in [0.1, 0.15) is 26.3 Å². The molecule has 0 fully saturated rings. The summed E-state index contributed by atoms with van der Waals surface area (Å²) < 4.78 is 6.39. The number of para-hydroxylation sites is 1. The second kappa shape index (κ2) is 6.16. The van der Waals surface area contributed by atoms with Crippen LogP contribution in [0.25, 0.3) is 44.1 Å². The highest BCUT2D eigenvalue weighted by Gasteiger charge is 2.16. The molecule has 0 bridgehead atoms. The molecule has 0 N–H and O–H groups in total. The van der Waals surface area contributed by atoms with Crippen LogP contribution in [-0.4, -0.2) is 9.97 Å². The minimum Gasteiger partial charge on any atom is -0.453 e. The first-order valence-electron chi connectivity index (χ1n) is 9.64. The molecular formula is C25H22N2O. The Bertz CT molecular complexity index is 1330. The van der Waals surface area contributed by atoms with Crippen LogP contribution in [0, 0.1) is 5.41 Å². The van der Waals surface area contributed by atoms with E-state index in [-0.39, 0.29) is 5.41 Å². The minimum absolute atomic E-state index is 0.231. The van der Waals surface area contributed by atoms with Crippen LogP contribution in [0.2, 0.25) is 0 Å². The molecule has 0 saturated carbocycles. The Morgan fingerprint density at radius 3 is 2.54 bits per heavy atom. The fraction of sp³-hybridized carbons (Fsp3) is 0.200. The van der Waals surface area contributed by atoms with Crippen molar-refractivity contribution in [3.8, 4) is 11.3 Å². The SMILES string of the molecule is CC(C)(C)Cc1ccnc(-c2cccc3c2oc2c3ccc3cccnc32)c1. The van der Waals surface area contributed by atoms with Gasteiger partial charge in [-0.1, -0.05) is 45.0 Å². The van der Waals surface area contributed by atoms with Gasteiger partial charge >= 0.3 is 0 Å². The van der Waals surface area contributed by atoms with Crippen LogP contribution in [0.3, 0.4) is 0 Å². The summed E-state index contributed by atoms with van der Waals surface area (Å²) >= 11 is 0. The number of aromatic nitrogens is 2. The van der Waals surface area contributed by atoms with Crippen LogP contribution in [0.4, 0.5) is 0 Å². The molecular weight excluding hydrogens is 344 g/mol. The third-order valence-corrected chi connectivity index (χ3v) is 5.07. The molecule has 5 aromatic rings. The van der Waals surface area contributed by atoms with E-state index in [1.54, 1.807) is 0 Å². The zero-order chi connectivity index (χ0) is 19.3. The summed E-state index contributed by atoms with van der Waals surface area (Å²) in [6, 6.07) is 18.8. The highest BCUT2D eigenvalue weighted by Crippen LogP contribution is 2.37. The summed E-state index contributed by atoms with van der Waals surface area (Å²) in [6.07, 6.45) is 4.72. The normalized spacial score (nSPS) is 12.2. The van der Waals surface area contributed by atoms with E-state index in [1.165, 1.54) is 5.56 Å². The molecule has 0 amide bonds. The molecule has 2 aromatic carbocycles. The third kappa shape index (κ3) is 2.84. The van der Waals surface area contributed by atoms with Crippen molar-refractivity contribution in [1.29, 1.82) is 0 Å². The number of rotatable bonds is 2. The van der Waals surface area contributed by atoms with Crippen molar-refractivity contribution < 1.29 is 4.42 Å². The van der Waals surface area contributed by atoms with Crippen molar-refractivity contribution in [2.45, 2.75) is 27.2 Å². The highest BCUT2D eigenvalue weighted by atomic mass is 16.3. The molecule has 0 radical (unpaired) electrons. The lowest BCUT2D eigenvalue weighted by atomic mass is 9.88. The summed E-state index contributed by atoms with van der Waals surface area (Å²) in [6.45, 7) is 6.77. The van der Waals surface area contributed by atoms with E-state index in [1.807, 2.05) is 18.5 Å². The number of hydrogen-bond donors (Lipinski definition) is 0. The first kappa shape index (κ1) is 16.9. The van der Waals surface area contributed by atoms with Gasteiger partial charge in [-0.25, -0.2) is 0 Å². The van der Waals surface area contributed by atoms with Gasteiger partial charge < -0.3 is 4.42 Å². The average molecular weight is 366 g/mol. The van der Waals surface area contributed by atoms with Gasteiger partial charge in [-0.2, -0.15) is 0 Å². The molecule has 0 spiro atoms. The molecule has 0 aliphatic carbocycles. The standard InChI is InChI=1S/C25H22N2O/c1-25(2,3)15-16-11-13-26-21(14-16)20-8-4-7-18-19-10-9-17-6-5-12-27-22(17)24(19)28-23(18)20/h4-14H,15H2,1-3H3. The van der Waals surface area contributed by atoms with Gasteiger partial charge in [-0.05, 0) is 47.7 Å². The predicted molar refractivity (Wildman–Crippen MR) is 115 cm³/mol. The smallest absolute Gasteiger partial charge is 0.161 e. The quantitative estimate of drug-likeness (QED) is 0.345. The number of nitrogens with zero attached hydrogens (tertiary/aromatic N) is 2. The van der Waals surface area contributed by atoms with E-state index in [0.717, 1.165) is 50.5 Å². The van der Waals surface area contributed by atoms with E-state index in [2.05, 4.69) is 79.3 Å². The lowest BCUT2D eigenvalue weighted by Crippen LogP contribution is -2.09. The van der Waals surface area contributed by atoms with Crippen LogP contribution >= 0.6 is 0 Å². The van der Waals surface area contributed by atoms with Gasteiger partial charge in [-0.3, -0.25) is 9.97 Å². The van der Waals surface area contributed by atoms with Gasteiger partial charge in [0.1, 0.15) is 11.1 Å². The van der Waals surface area contributed by atoms with Crippen molar-refractivity contribution >= 4 is 32.8 Å². The topological polar surface area (TPSA) is 38.9 Å². The van der Waals surface area contributed by atoms with Gasteiger partial charge in [0.25, 0.3) is 0 Å². The lowest BCUT2D eigenvalue weighted by Gasteiger charge is -2.18. The monoisotopic (exact) mass is 366 g/mol. The summed E-state index contributed by atoms with van der Waals surface area (Å²) in [5.74, 6) is 0. The lowest BCUT2D eigenvalue weighted by molar-refractivity contribution is 0.411. The van der Waals surface area contributed by atoms with Gasteiger partial charge in [-0.15, -0.1) is 0 Å². The Balaban J connectivity index is 1.75. The molecule has 0 atom stereocenters. The molecule has 0 unspecified atom stereocenters. The van der Waals surface area contributed by atoms with Crippen LogP contribution in [-0.2, 0) is 6.42 Å². The zero-order valence-corrected chi connectivity index (χ0v) is 16.4. The Morgan fingerprint density at radius 1 is 0.821 bits per heavy atom. The predicted octanol–water partition coefficient (Wildman–Crippen LogP) is 6.78. The maximum absolute atomic E-state index is 6.39. The highest BCUT2D eigenvalue weighted by molar-refractivity contribution is 6.16. The van der Waals surface area contributed by atoms with Crippen LogP contribution in [0.5, 0.6) is 0 Å². The minimum atomic E-state index is 0.231. The van der Waals surface area contributed by atoms with Gasteiger partial charge in [0.05, 0.1) is 5.69 Å². The van der Waals surface area contributed by atoms with Gasteiger partial charge in [0.2, 0.25) is 0 Å². The maximum atomic E-state index is 6.39. The first-order valence-corrected chi connectivity index (χ1v) is 9.64. The van der Waals surface area contributed by atoms with E-state index < -0.39 is 0 Å². The van der Waals surface area contributed by atoms with Crippen LogP contribution < -0.4 is 0 Å². The van der Waals surface area contributed by atoms with E-state index in [9.17, 15) is 0 Å². The number of hydrogen-bond acceptors (Lipinski definition) is 3. The number of fused-ring (bicyclic) bond motifs is 5. The largest absolute Gasteiger partial charge is 0.453 e. The third-order valence-electron chi connectivity index (χ3n) is 5.07. The summed E-state index contributed by atoms with van der Waals surface area (Å²) in [7, 11) is 0. The second-order valence-corrected chi connectivity index (χ2v) is 8.59. The fourth-order valence-corrected chi connectivity index (χ4v) is 3.94. The first-order chi connectivity index (χ1) is 13.5. The molecule has 5 rings (SSSR count). The Morgan fingerprint density at radius 2 is 1.68 bits per heavy atom. The number of pyridine rings is 2. The molecule has 0 aliphatic heterocycles. The molecule has 0 saturated heterocycles. The summed E-state index contributed by atoms with van der Waals surface area (Å²) in [4.78, 5) is 9.20. The molecule has 3 heterocycles. The van der Waals surface area contributed by atoms with Crippen molar-refractivity contribution in [2.24, 2.45) is 5.41 Å². The second-order valence-electron chi connectivity index (χ2n) is 8.59. The van der Waals surface area contributed by atoms with Gasteiger partial charge in [0, 0.05) is 34.1 Å². The van der Waals surface area contributed by atoms with Crippen LogP contribution in [0.15, 0.2) is 71.4 Å². The Kier molecular flexibility index (Phi) is 3.73. The summed E-state index contributed by atoms with van der Waals surface area (Å²) in [5.41, 5.74) is 6.10. The molecule has 138 valence electrons. The zero-order valence-electron chi connectivity index (χ0n) is 16.4. The Hall–Kier alpha value is -3.20. The van der Waals surface area contributed by atoms with E-state index in [4.69, 9.17) is 4.42 Å². The van der Waals surface area contributed by atoms with Crippen molar-refractivity contribution in [2.75, 3.05) is 0 Å². The summed E-state index contributed by atoms with van der Waals surface area (Å²) in [5, 5.41) is 3.28. The fourth-order valence-electron chi connectivity index (χ4n) is 3.94. The van der Waals surface area contributed by atoms with E-state index in [0.29, 0.717) is 0 Å². The molecule has 28 heavy (non-hydrogen) atoms. The number of furan rings is 1. The average Bonchev–Trinajstić information content (AvgIpc) is 3.06. The maximum Gasteiger partial charge on any atom is 0.161 e. The van der Waals surface area contributed by atoms with Crippen molar-refractivity contribution in [3.05, 3.63) is 72.6 Å². The molecule has 3 aromatic heterocycles. The van der Waals surface area contributed by atoms with E-state index >= 15 is 0 Å². The van der Waals surface area contributed by atoms with Crippen molar-refractivity contribution in [1.82, 2.24) is 9.97 Å². The Labute approximate surface area is 164 Å². The van der Waals surface area contributed by atoms with Crippen molar-refractivity contribution in [3.63, 3.8) is 0 Å².